The van der Waals surface area contributed by atoms with Gasteiger partial charge in [0.1, 0.15) is 5.82 Å². The van der Waals surface area contributed by atoms with E-state index < -0.39 is 5.41 Å². The van der Waals surface area contributed by atoms with Gasteiger partial charge in [-0.05, 0) is 50.8 Å². The predicted molar refractivity (Wildman–Crippen MR) is 114 cm³/mol. The highest BCUT2D eigenvalue weighted by atomic mass is 16.1. The number of nitrogens with zero attached hydrogens (tertiary/aromatic N) is 3. The fourth-order valence-corrected chi connectivity index (χ4v) is 4.68. The second kappa shape index (κ2) is 8.02. The molecule has 1 saturated carbocycles. The number of rotatable bonds is 4. The van der Waals surface area contributed by atoms with Gasteiger partial charge in [-0.3, -0.25) is 4.79 Å². The molecule has 0 saturated heterocycles. The van der Waals surface area contributed by atoms with E-state index in [0.29, 0.717) is 5.92 Å². The molecule has 2 aromatic rings. The molecule has 5 heteroatoms. The first-order chi connectivity index (χ1) is 14.0. The summed E-state index contributed by atoms with van der Waals surface area (Å²) in [6.07, 6.45) is 10.1. The van der Waals surface area contributed by atoms with Crippen LogP contribution in [0.5, 0.6) is 0 Å². The van der Waals surface area contributed by atoms with Crippen LogP contribution in [0.4, 0.5) is 5.69 Å². The van der Waals surface area contributed by atoms with Gasteiger partial charge in [-0.15, -0.1) is 0 Å². The number of nitriles is 1. The fourth-order valence-electron chi connectivity index (χ4n) is 4.68. The van der Waals surface area contributed by atoms with Crippen molar-refractivity contribution in [3.8, 4) is 6.07 Å². The Morgan fingerprint density at radius 3 is 2.59 bits per heavy atom. The largest absolute Gasteiger partial charge is 0.332 e. The van der Waals surface area contributed by atoms with Crippen molar-refractivity contribution in [1.82, 2.24) is 9.55 Å². The molecule has 0 bridgehead atoms. The summed E-state index contributed by atoms with van der Waals surface area (Å²) < 4.78 is 2.37. The number of benzene rings is 1. The number of carbonyl (C=O) groups is 1. The summed E-state index contributed by atoms with van der Waals surface area (Å²) in [5, 5.41) is 12.3. The van der Waals surface area contributed by atoms with Crippen LogP contribution in [0.15, 0.2) is 30.5 Å². The number of carbonyl (C=O) groups excluding carboxylic acids is 1. The Morgan fingerprint density at radius 2 is 1.90 bits per heavy atom. The summed E-state index contributed by atoms with van der Waals surface area (Å²) in [4.78, 5) is 17.6. The van der Waals surface area contributed by atoms with Crippen LogP contribution in [-0.2, 0) is 23.2 Å². The van der Waals surface area contributed by atoms with Crippen molar-refractivity contribution in [1.29, 1.82) is 5.26 Å². The van der Waals surface area contributed by atoms with E-state index in [1.807, 2.05) is 44.3 Å². The van der Waals surface area contributed by atoms with Crippen LogP contribution in [-0.4, -0.2) is 15.5 Å². The summed E-state index contributed by atoms with van der Waals surface area (Å²) in [6.45, 7) is 4.68. The van der Waals surface area contributed by atoms with Gasteiger partial charge in [0.2, 0.25) is 5.91 Å². The average molecular weight is 391 g/mol. The van der Waals surface area contributed by atoms with E-state index in [2.05, 4.69) is 16.0 Å². The lowest BCUT2D eigenvalue weighted by atomic mass is 9.86. The number of aromatic nitrogens is 2. The Kier molecular flexibility index (Phi) is 5.45. The van der Waals surface area contributed by atoms with E-state index >= 15 is 0 Å². The van der Waals surface area contributed by atoms with E-state index in [9.17, 15) is 10.1 Å². The highest BCUT2D eigenvalue weighted by molar-refractivity contribution is 5.92. The van der Waals surface area contributed by atoms with Crippen LogP contribution in [0.3, 0.4) is 0 Å². The van der Waals surface area contributed by atoms with E-state index in [1.54, 1.807) is 0 Å². The Bertz CT molecular complexity index is 913. The molecule has 1 unspecified atom stereocenters. The number of hydrogen-bond acceptors (Lipinski definition) is 3. The summed E-state index contributed by atoms with van der Waals surface area (Å²) in [5.41, 5.74) is 2.41. The monoisotopic (exact) mass is 390 g/mol. The fraction of sp³-hybridized carbons (Fsp3) is 0.542. The lowest BCUT2D eigenvalue weighted by molar-refractivity contribution is -0.120. The third-order valence-electron chi connectivity index (χ3n) is 6.62. The van der Waals surface area contributed by atoms with Crippen LogP contribution in [0.1, 0.15) is 75.4 Å². The molecule has 1 atom stereocenters. The molecule has 1 fully saturated rings. The molecule has 1 aromatic carbocycles. The molecular weight excluding hydrogens is 360 g/mol. The molecule has 4 rings (SSSR count). The van der Waals surface area contributed by atoms with Crippen molar-refractivity contribution < 1.29 is 4.79 Å². The van der Waals surface area contributed by atoms with Gasteiger partial charge in [-0.1, -0.05) is 31.4 Å². The summed E-state index contributed by atoms with van der Waals surface area (Å²) in [6, 6.07) is 9.93. The quantitative estimate of drug-likeness (QED) is 0.804. The Labute approximate surface area is 173 Å². The summed E-state index contributed by atoms with van der Waals surface area (Å²) >= 11 is 0. The highest BCUT2D eigenvalue weighted by Gasteiger charge is 2.29. The molecule has 1 N–H and O–H groups in total. The maximum Gasteiger partial charge on any atom is 0.227 e. The van der Waals surface area contributed by atoms with Crippen molar-refractivity contribution in [3.63, 3.8) is 0 Å². The lowest BCUT2D eigenvalue weighted by Gasteiger charge is -2.27. The molecule has 1 aliphatic heterocycles. The number of imidazole rings is 1. The number of amides is 1. The van der Waals surface area contributed by atoms with Gasteiger partial charge in [-0.25, -0.2) is 4.98 Å². The van der Waals surface area contributed by atoms with E-state index in [4.69, 9.17) is 4.98 Å². The van der Waals surface area contributed by atoms with E-state index in [1.165, 1.54) is 43.6 Å². The molecule has 0 radical (unpaired) electrons. The first kappa shape index (κ1) is 19.7. The molecule has 1 aromatic heterocycles. The topological polar surface area (TPSA) is 70.7 Å². The number of nitrogens with one attached hydrogen (secondary N) is 1. The first-order valence-electron chi connectivity index (χ1n) is 10.8. The maximum atomic E-state index is 12.8. The van der Waals surface area contributed by atoms with Crippen LogP contribution in [0.25, 0.3) is 0 Å². The molecular formula is C24H30N4O. The number of anilines is 1. The zero-order valence-electron chi connectivity index (χ0n) is 17.4. The summed E-state index contributed by atoms with van der Waals surface area (Å²) in [5.74, 6) is 1.89. The van der Waals surface area contributed by atoms with Crippen molar-refractivity contribution in [2.24, 2.45) is 5.92 Å². The van der Waals surface area contributed by atoms with Crippen molar-refractivity contribution >= 4 is 11.6 Å². The van der Waals surface area contributed by atoms with E-state index in [0.717, 1.165) is 30.6 Å². The second-order valence-corrected chi connectivity index (χ2v) is 9.09. The minimum atomic E-state index is -0.527. The molecule has 152 valence electrons. The van der Waals surface area contributed by atoms with Crippen molar-refractivity contribution in [3.05, 3.63) is 47.5 Å². The molecule has 1 aliphatic carbocycles. The van der Waals surface area contributed by atoms with Crippen LogP contribution >= 0.6 is 0 Å². The Morgan fingerprint density at radius 1 is 1.17 bits per heavy atom. The predicted octanol–water partition coefficient (Wildman–Crippen LogP) is 4.93. The number of hydrogen-bond donors (Lipinski definition) is 1. The van der Waals surface area contributed by atoms with Crippen LogP contribution in [0, 0.1) is 17.2 Å². The number of fused-ring (bicyclic) bond motifs is 1. The van der Waals surface area contributed by atoms with Crippen LogP contribution < -0.4 is 5.32 Å². The molecule has 5 nitrogen and oxygen atoms in total. The van der Waals surface area contributed by atoms with Crippen molar-refractivity contribution in [2.75, 3.05) is 5.32 Å². The van der Waals surface area contributed by atoms with Gasteiger partial charge in [0.05, 0.1) is 11.5 Å². The third kappa shape index (κ3) is 4.07. The highest BCUT2D eigenvalue weighted by Crippen LogP contribution is 2.34. The smallest absolute Gasteiger partial charge is 0.227 e. The van der Waals surface area contributed by atoms with Gasteiger partial charge in [0.25, 0.3) is 0 Å². The molecule has 29 heavy (non-hydrogen) atoms. The third-order valence-corrected chi connectivity index (χ3v) is 6.62. The Balaban J connectivity index is 1.40. The SMILES string of the molecule is CC(C)(C#N)c1ccc(NC(=O)C2CCn3c(cnc3C3CCCCC3)C2)cc1. The minimum Gasteiger partial charge on any atom is -0.332 e. The van der Waals surface area contributed by atoms with Gasteiger partial charge < -0.3 is 9.88 Å². The molecule has 2 aliphatic rings. The van der Waals surface area contributed by atoms with Gasteiger partial charge in [0, 0.05) is 42.4 Å². The standard InChI is InChI=1S/C24H30N4O/c1-24(2,16-25)19-8-10-20(11-9-19)27-23(29)18-12-13-28-21(14-18)15-26-22(28)17-6-4-3-5-7-17/h8-11,15,17-18H,3-7,12-14H2,1-2H3,(H,27,29). The maximum absolute atomic E-state index is 12.8. The molecule has 0 spiro atoms. The van der Waals surface area contributed by atoms with Gasteiger partial charge >= 0.3 is 0 Å². The second-order valence-electron chi connectivity index (χ2n) is 9.09. The summed E-state index contributed by atoms with van der Waals surface area (Å²) in [7, 11) is 0. The van der Waals surface area contributed by atoms with Gasteiger partial charge in [-0.2, -0.15) is 5.26 Å². The lowest BCUT2D eigenvalue weighted by Crippen LogP contribution is -2.31. The minimum absolute atomic E-state index is 0.0198. The van der Waals surface area contributed by atoms with Crippen molar-refractivity contribution in [2.45, 2.75) is 76.7 Å². The van der Waals surface area contributed by atoms with Crippen LogP contribution in [0.2, 0.25) is 0 Å². The molecule has 2 heterocycles. The van der Waals surface area contributed by atoms with E-state index in [-0.39, 0.29) is 11.8 Å². The first-order valence-corrected chi connectivity index (χ1v) is 10.8. The average Bonchev–Trinajstić information content (AvgIpc) is 3.18. The normalized spacial score (nSPS) is 20.0. The molecule has 1 amide bonds. The zero-order valence-corrected chi connectivity index (χ0v) is 17.4. The zero-order chi connectivity index (χ0) is 20.4. The Hall–Kier alpha value is -2.61. The van der Waals surface area contributed by atoms with Gasteiger partial charge in [0.15, 0.2) is 0 Å².